The summed E-state index contributed by atoms with van der Waals surface area (Å²) in [5.41, 5.74) is 5.20. The van der Waals surface area contributed by atoms with Crippen LogP contribution in [0.2, 0.25) is 0 Å². The van der Waals surface area contributed by atoms with Gasteiger partial charge < -0.3 is 11.1 Å². The second kappa shape index (κ2) is 4.38. The molecule has 1 atom stereocenters. The summed E-state index contributed by atoms with van der Waals surface area (Å²) in [6.07, 6.45) is 2.95. The van der Waals surface area contributed by atoms with Crippen LogP contribution in [0.25, 0.3) is 0 Å². The third kappa shape index (κ3) is 2.23. The van der Waals surface area contributed by atoms with Crippen molar-refractivity contribution in [1.29, 1.82) is 0 Å². The lowest BCUT2D eigenvalue weighted by Crippen LogP contribution is -2.41. The number of aliphatic imine (C=N–C) groups is 1. The maximum Gasteiger partial charge on any atom is 0.277 e. The molecule has 1 aliphatic carbocycles. The fourth-order valence-corrected chi connectivity index (χ4v) is 1.53. The molecule has 0 spiro atoms. The molecule has 16 heavy (non-hydrogen) atoms. The molecule has 7 heteroatoms. The molecule has 0 aromatic carbocycles. The lowest BCUT2D eigenvalue weighted by Gasteiger charge is -2.24. The van der Waals surface area contributed by atoms with E-state index in [1.54, 1.807) is 0 Å². The Hall–Kier alpha value is -1.79. The number of nitrogens with zero attached hydrogens (tertiary/aromatic N) is 3. The molecule has 1 saturated carbocycles. The van der Waals surface area contributed by atoms with Crippen molar-refractivity contribution >= 4 is 17.8 Å². The average molecular weight is 223 g/mol. The van der Waals surface area contributed by atoms with E-state index in [9.17, 15) is 9.59 Å². The number of azo groups is 1. The number of amides is 2. The van der Waals surface area contributed by atoms with Crippen LogP contribution in [0.3, 0.4) is 0 Å². The van der Waals surface area contributed by atoms with E-state index < -0.39 is 11.9 Å². The average Bonchev–Trinajstić information content (AvgIpc) is 2.13. The van der Waals surface area contributed by atoms with Crippen molar-refractivity contribution in [2.45, 2.75) is 25.3 Å². The standard InChI is InChI=1S/C9H13N5O2/c10-9-12-8(16)6(13-14-9)4-11-7(15)5-2-1-3-5/h5-6H,1-4H2,(H,11,15)(H2,10,12,16). The minimum absolute atomic E-state index is 0.0169. The van der Waals surface area contributed by atoms with E-state index in [-0.39, 0.29) is 24.3 Å². The van der Waals surface area contributed by atoms with Crippen LogP contribution in [-0.4, -0.2) is 30.4 Å². The van der Waals surface area contributed by atoms with Crippen molar-refractivity contribution in [1.82, 2.24) is 5.32 Å². The Balaban J connectivity index is 1.80. The topological polar surface area (TPSA) is 109 Å². The molecule has 1 heterocycles. The first kappa shape index (κ1) is 10.7. The van der Waals surface area contributed by atoms with Gasteiger partial charge in [-0.3, -0.25) is 9.59 Å². The lowest BCUT2D eigenvalue weighted by molar-refractivity contribution is -0.127. The molecule has 86 valence electrons. The van der Waals surface area contributed by atoms with Gasteiger partial charge in [-0.25, -0.2) is 0 Å². The third-order valence-corrected chi connectivity index (χ3v) is 2.75. The summed E-state index contributed by atoms with van der Waals surface area (Å²) in [4.78, 5) is 26.2. The molecule has 1 aliphatic heterocycles. The normalized spacial score (nSPS) is 24.9. The smallest absolute Gasteiger partial charge is 0.277 e. The van der Waals surface area contributed by atoms with E-state index in [0.29, 0.717) is 0 Å². The van der Waals surface area contributed by atoms with Gasteiger partial charge in [-0.2, -0.15) is 10.1 Å². The fraction of sp³-hybridized carbons (Fsp3) is 0.667. The highest BCUT2D eigenvalue weighted by molar-refractivity contribution is 5.97. The summed E-state index contributed by atoms with van der Waals surface area (Å²) < 4.78 is 0. The van der Waals surface area contributed by atoms with Gasteiger partial charge in [0, 0.05) is 5.92 Å². The number of hydrogen-bond donors (Lipinski definition) is 2. The van der Waals surface area contributed by atoms with Crippen LogP contribution in [0.1, 0.15) is 19.3 Å². The summed E-state index contributed by atoms with van der Waals surface area (Å²) in [5.74, 6) is -0.506. The molecular weight excluding hydrogens is 210 g/mol. The van der Waals surface area contributed by atoms with E-state index in [4.69, 9.17) is 5.73 Å². The number of nitrogens with one attached hydrogen (secondary N) is 1. The zero-order chi connectivity index (χ0) is 11.5. The number of carbonyl (C=O) groups is 2. The summed E-state index contributed by atoms with van der Waals surface area (Å²) in [6.45, 7) is 0.147. The monoisotopic (exact) mass is 223 g/mol. The second-order valence-corrected chi connectivity index (χ2v) is 3.91. The van der Waals surface area contributed by atoms with Crippen molar-refractivity contribution in [3.63, 3.8) is 0 Å². The molecule has 0 bridgehead atoms. The van der Waals surface area contributed by atoms with Gasteiger partial charge in [0.1, 0.15) is 0 Å². The van der Waals surface area contributed by atoms with Gasteiger partial charge in [-0.15, -0.1) is 5.11 Å². The molecule has 0 radical (unpaired) electrons. The largest absolute Gasteiger partial charge is 0.366 e. The molecule has 3 N–H and O–H groups in total. The SMILES string of the molecule is NC1=NC(=O)C(CNC(=O)C2CCC2)N=N1. The summed E-state index contributed by atoms with van der Waals surface area (Å²) in [7, 11) is 0. The highest BCUT2D eigenvalue weighted by atomic mass is 16.2. The molecule has 0 aromatic heterocycles. The predicted octanol–water partition coefficient (Wildman–Crippen LogP) is -0.422. The Labute approximate surface area is 92.2 Å². The second-order valence-electron chi connectivity index (χ2n) is 3.91. The Kier molecular flexibility index (Phi) is 2.93. The minimum atomic E-state index is -0.726. The molecular formula is C9H13N5O2. The van der Waals surface area contributed by atoms with Gasteiger partial charge in [0.2, 0.25) is 11.9 Å². The molecule has 0 saturated heterocycles. The Bertz CT molecular complexity index is 372. The van der Waals surface area contributed by atoms with Crippen LogP contribution in [0.4, 0.5) is 0 Å². The molecule has 2 aliphatic rings. The number of carbonyl (C=O) groups excluding carboxylic acids is 2. The van der Waals surface area contributed by atoms with Crippen molar-refractivity contribution in [3.8, 4) is 0 Å². The van der Waals surface area contributed by atoms with Crippen LogP contribution in [0, 0.1) is 5.92 Å². The number of hydrogen-bond acceptors (Lipinski definition) is 5. The van der Waals surface area contributed by atoms with Gasteiger partial charge in [-0.1, -0.05) is 6.42 Å². The first-order valence-corrected chi connectivity index (χ1v) is 5.23. The van der Waals surface area contributed by atoms with Crippen molar-refractivity contribution < 1.29 is 9.59 Å². The summed E-state index contributed by atoms with van der Waals surface area (Å²) in [5, 5.41) is 9.85. The molecule has 7 nitrogen and oxygen atoms in total. The third-order valence-electron chi connectivity index (χ3n) is 2.75. The van der Waals surface area contributed by atoms with Crippen molar-refractivity contribution in [2.75, 3.05) is 6.54 Å². The highest BCUT2D eigenvalue weighted by Gasteiger charge is 2.27. The molecule has 2 amide bonds. The quantitative estimate of drug-likeness (QED) is 0.677. The summed E-state index contributed by atoms with van der Waals surface area (Å²) in [6, 6.07) is -0.726. The maximum absolute atomic E-state index is 11.5. The highest BCUT2D eigenvalue weighted by Crippen LogP contribution is 2.26. The van der Waals surface area contributed by atoms with Crippen LogP contribution in [0.5, 0.6) is 0 Å². The molecule has 2 rings (SSSR count). The minimum Gasteiger partial charge on any atom is -0.366 e. The van der Waals surface area contributed by atoms with Gasteiger partial charge in [0.15, 0.2) is 6.04 Å². The van der Waals surface area contributed by atoms with Crippen LogP contribution in [-0.2, 0) is 9.59 Å². The summed E-state index contributed by atoms with van der Waals surface area (Å²) >= 11 is 0. The fourth-order valence-electron chi connectivity index (χ4n) is 1.53. The first-order chi connectivity index (χ1) is 7.66. The van der Waals surface area contributed by atoms with Crippen LogP contribution in [0.15, 0.2) is 15.2 Å². The zero-order valence-electron chi connectivity index (χ0n) is 8.72. The molecule has 0 aromatic rings. The lowest BCUT2D eigenvalue weighted by atomic mass is 9.85. The Morgan fingerprint density at radius 1 is 1.50 bits per heavy atom. The molecule has 1 fully saturated rings. The van der Waals surface area contributed by atoms with E-state index in [1.807, 2.05) is 0 Å². The number of rotatable bonds is 3. The Morgan fingerprint density at radius 2 is 2.25 bits per heavy atom. The number of guanidine groups is 1. The van der Waals surface area contributed by atoms with Crippen LogP contribution >= 0.6 is 0 Å². The van der Waals surface area contributed by atoms with Gasteiger partial charge >= 0.3 is 0 Å². The van der Waals surface area contributed by atoms with E-state index in [1.165, 1.54) is 0 Å². The van der Waals surface area contributed by atoms with E-state index >= 15 is 0 Å². The van der Waals surface area contributed by atoms with Gasteiger partial charge in [-0.05, 0) is 12.8 Å². The van der Waals surface area contributed by atoms with E-state index in [0.717, 1.165) is 19.3 Å². The van der Waals surface area contributed by atoms with E-state index in [2.05, 4.69) is 20.5 Å². The van der Waals surface area contributed by atoms with Gasteiger partial charge in [0.05, 0.1) is 6.54 Å². The first-order valence-electron chi connectivity index (χ1n) is 5.23. The Morgan fingerprint density at radius 3 is 2.81 bits per heavy atom. The number of nitrogens with two attached hydrogens (primary N) is 1. The van der Waals surface area contributed by atoms with Gasteiger partial charge in [0.25, 0.3) is 5.91 Å². The zero-order valence-corrected chi connectivity index (χ0v) is 8.72. The molecule has 1 unspecified atom stereocenters. The maximum atomic E-state index is 11.5. The predicted molar refractivity (Wildman–Crippen MR) is 55.6 cm³/mol. The van der Waals surface area contributed by atoms with Crippen LogP contribution < -0.4 is 11.1 Å². The van der Waals surface area contributed by atoms with Crippen molar-refractivity contribution in [2.24, 2.45) is 26.9 Å². The van der Waals surface area contributed by atoms with Crippen molar-refractivity contribution in [3.05, 3.63) is 0 Å².